The van der Waals surface area contributed by atoms with Crippen LogP contribution in [-0.4, -0.2) is 5.21 Å². The van der Waals surface area contributed by atoms with E-state index >= 15 is 0 Å². The maximum absolute atomic E-state index is 10.2. The zero-order chi connectivity index (χ0) is 12.8. The molecule has 0 unspecified atom stereocenters. The molecule has 2 aromatic rings. The minimum Gasteiger partial charge on any atom is -0.301 e. The fourth-order valence-corrected chi connectivity index (χ4v) is 1.38. The fourth-order valence-electron chi connectivity index (χ4n) is 1.38. The van der Waals surface area contributed by atoms with E-state index in [-0.39, 0.29) is 0 Å². The van der Waals surface area contributed by atoms with Crippen molar-refractivity contribution in [3.63, 3.8) is 0 Å². The topological polar surface area (TPSA) is 85.8 Å². The third-order valence-electron chi connectivity index (χ3n) is 2.34. The lowest BCUT2D eigenvalue weighted by atomic mass is 10.3. The van der Waals surface area contributed by atoms with Crippen molar-refractivity contribution < 1.29 is 5.21 Å². The third kappa shape index (κ3) is 2.96. The normalized spacial score (nSPS) is 9.61. The van der Waals surface area contributed by atoms with E-state index in [0.29, 0.717) is 11.4 Å². The maximum Gasteiger partial charge on any atom is 0.108 e. The highest BCUT2D eigenvalue weighted by atomic mass is 16.5. The smallest absolute Gasteiger partial charge is 0.108 e. The Morgan fingerprint density at radius 1 is 0.778 bits per heavy atom. The Bertz CT molecular complexity index is 511. The molecule has 18 heavy (non-hydrogen) atoms. The Kier molecular flexibility index (Phi) is 3.72. The summed E-state index contributed by atoms with van der Waals surface area (Å²) in [5, 5.41) is 11.5. The first-order valence-corrected chi connectivity index (χ1v) is 5.27. The molecule has 0 aliphatic rings. The number of hydrogen-bond donors (Lipinski definition) is 4. The molecule has 0 heterocycles. The standard InChI is InChI=1S/C12H12N4O2/c17-15-11-5-1-9(2-6-11)13-14-10-3-7-12(16-18)8-4-10/h1-8,13-15,17H. The Morgan fingerprint density at radius 2 is 1.22 bits per heavy atom. The molecule has 0 aliphatic carbocycles. The highest BCUT2D eigenvalue weighted by molar-refractivity contribution is 5.58. The van der Waals surface area contributed by atoms with Crippen LogP contribution in [0, 0.1) is 4.91 Å². The van der Waals surface area contributed by atoms with Gasteiger partial charge in [-0.25, -0.2) is 0 Å². The monoisotopic (exact) mass is 244 g/mol. The summed E-state index contributed by atoms with van der Waals surface area (Å²) in [6.45, 7) is 0. The van der Waals surface area contributed by atoms with Gasteiger partial charge in [0.25, 0.3) is 0 Å². The average Bonchev–Trinajstić information content (AvgIpc) is 2.46. The maximum atomic E-state index is 10.2. The summed E-state index contributed by atoms with van der Waals surface area (Å²) < 4.78 is 0. The van der Waals surface area contributed by atoms with Crippen LogP contribution >= 0.6 is 0 Å². The third-order valence-corrected chi connectivity index (χ3v) is 2.34. The van der Waals surface area contributed by atoms with Crippen LogP contribution in [0.2, 0.25) is 0 Å². The van der Waals surface area contributed by atoms with E-state index in [0.717, 1.165) is 11.4 Å². The van der Waals surface area contributed by atoms with Crippen LogP contribution in [0.5, 0.6) is 0 Å². The van der Waals surface area contributed by atoms with Crippen LogP contribution in [-0.2, 0) is 0 Å². The first kappa shape index (κ1) is 11.9. The van der Waals surface area contributed by atoms with E-state index in [9.17, 15) is 4.91 Å². The van der Waals surface area contributed by atoms with Gasteiger partial charge in [-0.2, -0.15) is 0 Å². The lowest BCUT2D eigenvalue weighted by Crippen LogP contribution is -2.08. The van der Waals surface area contributed by atoms with E-state index in [1.165, 1.54) is 0 Å². The van der Waals surface area contributed by atoms with Crippen LogP contribution in [0.1, 0.15) is 0 Å². The second-order valence-corrected chi connectivity index (χ2v) is 3.58. The van der Waals surface area contributed by atoms with Crippen LogP contribution in [0.4, 0.5) is 22.7 Å². The zero-order valence-corrected chi connectivity index (χ0v) is 9.42. The molecule has 0 saturated carbocycles. The minimum absolute atomic E-state index is 0.388. The number of nitrogens with zero attached hydrogens (tertiary/aromatic N) is 1. The summed E-state index contributed by atoms with van der Waals surface area (Å²) in [6, 6.07) is 13.8. The number of nitrogens with one attached hydrogen (secondary N) is 3. The lowest BCUT2D eigenvalue weighted by molar-refractivity contribution is 0.389. The first-order valence-electron chi connectivity index (χ1n) is 5.27. The average molecular weight is 244 g/mol. The Labute approximate surface area is 104 Å². The molecule has 0 bridgehead atoms. The van der Waals surface area contributed by atoms with Gasteiger partial charge >= 0.3 is 0 Å². The summed E-state index contributed by atoms with van der Waals surface area (Å²) in [4.78, 5) is 10.2. The van der Waals surface area contributed by atoms with E-state index in [1.807, 2.05) is 0 Å². The SMILES string of the molecule is O=Nc1ccc(NNc2ccc(NO)cc2)cc1. The molecule has 0 aliphatic heterocycles. The quantitative estimate of drug-likeness (QED) is 0.479. The number of hydrogen-bond acceptors (Lipinski definition) is 6. The number of nitroso groups, excluding NO2 is 1. The molecule has 6 heteroatoms. The van der Waals surface area contributed by atoms with Crippen molar-refractivity contribution >= 4 is 22.7 Å². The largest absolute Gasteiger partial charge is 0.301 e. The zero-order valence-electron chi connectivity index (χ0n) is 9.42. The fraction of sp³-hybridized carbons (Fsp3) is 0. The predicted octanol–water partition coefficient (Wildman–Crippen LogP) is 3.32. The van der Waals surface area contributed by atoms with E-state index in [2.05, 4.69) is 21.5 Å². The lowest BCUT2D eigenvalue weighted by Gasteiger charge is -2.10. The van der Waals surface area contributed by atoms with Gasteiger partial charge in [-0.3, -0.25) is 10.7 Å². The highest BCUT2D eigenvalue weighted by Gasteiger charge is 1.95. The van der Waals surface area contributed by atoms with Gasteiger partial charge in [0.2, 0.25) is 0 Å². The molecule has 2 aromatic carbocycles. The second-order valence-electron chi connectivity index (χ2n) is 3.58. The van der Waals surface area contributed by atoms with Gasteiger partial charge in [0.1, 0.15) is 5.69 Å². The van der Waals surface area contributed by atoms with Crippen molar-refractivity contribution in [3.05, 3.63) is 53.4 Å². The van der Waals surface area contributed by atoms with Gasteiger partial charge in [0.05, 0.1) is 17.1 Å². The molecule has 92 valence electrons. The Hall–Kier alpha value is -2.60. The molecule has 6 nitrogen and oxygen atoms in total. The van der Waals surface area contributed by atoms with Crippen molar-refractivity contribution in [2.24, 2.45) is 5.18 Å². The van der Waals surface area contributed by atoms with Crippen molar-refractivity contribution in [1.82, 2.24) is 0 Å². The van der Waals surface area contributed by atoms with Gasteiger partial charge in [0, 0.05) is 0 Å². The van der Waals surface area contributed by atoms with Crippen molar-refractivity contribution in [3.8, 4) is 0 Å². The molecule has 0 aromatic heterocycles. The van der Waals surface area contributed by atoms with E-state index in [4.69, 9.17) is 5.21 Å². The molecule has 0 saturated heterocycles. The van der Waals surface area contributed by atoms with E-state index < -0.39 is 0 Å². The van der Waals surface area contributed by atoms with Crippen molar-refractivity contribution in [1.29, 1.82) is 0 Å². The molecule has 0 amide bonds. The summed E-state index contributed by atoms with van der Waals surface area (Å²) in [6.07, 6.45) is 0. The van der Waals surface area contributed by atoms with Crippen LogP contribution in [0.15, 0.2) is 53.7 Å². The molecular weight excluding hydrogens is 232 g/mol. The van der Waals surface area contributed by atoms with Crippen LogP contribution < -0.4 is 16.3 Å². The number of rotatable bonds is 5. The molecule has 4 N–H and O–H groups in total. The summed E-state index contributed by atoms with van der Waals surface area (Å²) in [7, 11) is 0. The van der Waals surface area contributed by atoms with Crippen molar-refractivity contribution in [2.45, 2.75) is 0 Å². The Balaban J connectivity index is 1.95. The van der Waals surface area contributed by atoms with Crippen LogP contribution in [0.25, 0.3) is 0 Å². The van der Waals surface area contributed by atoms with Crippen LogP contribution in [0.3, 0.4) is 0 Å². The van der Waals surface area contributed by atoms with Gasteiger partial charge in [-0.05, 0) is 53.7 Å². The molecule has 0 spiro atoms. The highest BCUT2D eigenvalue weighted by Crippen LogP contribution is 2.17. The molecule has 0 fully saturated rings. The number of benzene rings is 2. The molecule has 0 radical (unpaired) electrons. The summed E-state index contributed by atoms with van der Waals surface area (Å²) in [5.74, 6) is 0. The molecule has 0 atom stereocenters. The van der Waals surface area contributed by atoms with Gasteiger partial charge in [-0.15, -0.1) is 4.91 Å². The minimum atomic E-state index is 0.388. The summed E-state index contributed by atoms with van der Waals surface area (Å²) >= 11 is 0. The molecular formula is C12H12N4O2. The number of hydrazine groups is 1. The summed E-state index contributed by atoms with van der Waals surface area (Å²) in [5.41, 5.74) is 10.7. The predicted molar refractivity (Wildman–Crippen MR) is 71.0 cm³/mol. The first-order chi connectivity index (χ1) is 8.81. The van der Waals surface area contributed by atoms with Gasteiger partial charge < -0.3 is 10.9 Å². The second kappa shape index (κ2) is 5.65. The van der Waals surface area contributed by atoms with E-state index in [1.54, 1.807) is 48.5 Å². The van der Waals surface area contributed by atoms with Crippen molar-refractivity contribution in [2.75, 3.05) is 16.3 Å². The van der Waals surface area contributed by atoms with Gasteiger partial charge in [0.15, 0.2) is 0 Å². The number of anilines is 3. The Morgan fingerprint density at radius 3 is 1.67 bits per heavy atom. The van der Waals surface area contributed by atoms with Gasteiger partial charge in [-0.1, -0.05) is 0 Å². The molecule has 2 rings (SSSR count).